The molecule has 1 aromatic rings. The zero-order valence-electron chi connectivity index (χ0n) is 12.9. The molecule has 2 heterocycles. The van der Waals surface area contributed by atoms with Gasteiger partial charge >= 0.3 is 5.97 Å². The summed E-state index contributed by atoms with van der Waals surface area (Å²) in [5.41, 5.74) is 1.65. The third kappa shape index (κ3) is 2.89. The van der Waals surface area contributed by atoms with Crippen LogP contribution in [0.1, 0.15) is 5.56 Å². The van der Waals surface area contributed by atoms with Crippen molar-refractivity contribution >= 4 is 41.0 Å². The highest BCUT2D eigenvalue weighted by molar-refractivity contribution is 8.01. The molecule has 0 saturated carbocycles. The van der Waals surface area contributed by atoms with Gasteiger partial charge in [-0.25, -0.2) is 4.79 Å². The van der Waals surface area contributed by atoms with Crippen LogP contribution in [0.15, 0.2) is 35.5 Å². The van der Waals surface area contributed by atoms with E-state index in [0.717, 1.165) is 5.56 Å². The lowest BCUT2D eigenvalue weighted by atomic mass is 10.1. The first-order valence-electron chi connectivity index (χ1n) is 7.18. The van der Waals surface area contributed by atoms with Crippen LogP contribution in [0.4, 0.5) is 0 Å². The van der Waals surface area contributed by atoms with Crippen molar-refractivity contribution < 1.29 is 19.1 Å². The molecule has 2 aliphatic heterocycles. The molecule has 1 N–H and O–H groups in total. The highest BCUT2D eigenvalue weighted by atomic mass is 35.5. The number of carbonyl (C=O) groups excluding carboxylic acids is 2. The summed E-state index contributed by atoms with van der Waals surface area (Å²) in [6.45, 7) is 0.0825. The number of ether oxygens (including phenoxy) is 2. The van der Waals surface area contributed by atoms with Crippen LogP contribution in [-0.4, -0.2) is 46.6 Å². The number of rotatable bonds is 5. The molecule has 8 heteroatoms. The highest BCUT2D eigenvalue weighted by Crippen LogP contribution is 2.38. The number of nitrogens with zero attached hydrogens (tertiary/aromatic N) is 1. The van der Waals surface area contributed by atoms with Crippen LogP contribution in [0.3, 0.4) is 0 Å². The Bertz CT molecular complexity index is 732. The van der Waals surface area contributed by atoms with E-state index in [2.05, 4.69) is 0 Å². The Kier molecular flexibility index (Phi) is 4.82. The number of methoxy groups -OCH3 is 1. The molecular formula is C16H15ClN2O4S. The number of halogens is 1. The van der Waals surface area contributed by atoms with Gasteiger partial charge in [0.1, 0.15) is 29.1 Å². The van der Waals surface area contributed by atoms with E-state index < -0.39 is 17.3 Å². The van der Waals surface area contributed by atoms with Gasteiger partial charge in [-0.15, -0.1) is 23.4 Å². The third-order valence-electron chi connectivity index (χ3n) is 3.81. The van der Waals surface area contributed by atoms with Crippen molar-refractivity contribution in [2.24, 2.45) is 0 Å². The number of nitrogens with one attached hydrogen (secondary N) is 1. The number of hydrogen-bond donors (Lipinski definition) is 1. The molecule has 0 bridgehead atoms. The van der Waals surface area contributed by atoms with E-state index >= 15 is 0 Å². The Labute approximate surface area is 148 Å². The predicted molar refractivity (Wildman–Crippen MR) is 91.4 cm³/mol. The molecule has 1 aromatic carbocycles. The van der Waals surface area contributed by atoms with Gasteiger partial charge in [0.25, 0.3) is 5.91 Å². The number of carbonyl (C=O) groups is 2. The molecule has 1 fully saturated rings. The van der Waals surface area contributed by atoms with Gasteiger partial charge in [0.05, 0.1) is 7.11 Å². The Hall–Kier alpha value is -1.99. The van der Waals surface area contributed by atoms with E-state index in [4.69, 9.17) is 26.5 Å². The minimum Gasteiger partial charge on any atom is -0.497 e. The molecule has 2 aliphatic rings. The molecule has 0 aliphatic carbocycles. The average Bonchev–Trinajstić information content (AvgIpc) is 2.64. The summed E-state index contributed by atoms with van der Waals surface area (Å²) in [7, 11) is 1.58. The molecule has 0 radical (unpaired) electrons. The van der Waals surface area contributed by atoms with Gasteiger partial charge in [-0.2, -0.15) is 0 Å². The number of alkyl halides is 1. The van der Waals surface area contributed by atoms with E-state index in [1.54, 1.807) is 31.4 Å². The Morgan fingerprint density at radius 2 is 2.12 bits per heavy atom. The molecule has 1 atom stereocenters. The number of fused-ring (bicyclic) bond motifs is 1. The van der Waals surface area contributed by atoms with Gasteiger partial charge in [-0.3, -0.25) is 15.1 Å². The molecule has 6 nitrogen and oxygen atoms in total. The van der Waals surface area contributed by atoms with Gasteiger partial charge in [-0.1, -0.05) is 12.1 Å². The maximum absolute atomic E-state index is 12.5. The first kappa shape index (κ1) is 16.9. The number of amides is 1. The molecule has 1 unspecified atom stereocenters. The molecule has 0 aromatic heterocycles. The van der Waals surface area contributed by atoms with Crippen molar-refractivity contribution in [1.82, 2.24) is 4.90 Å². The lowest BCUT2D eigenvalue weighted by Crippen LogP contribution is -2.62. The summed E-state index contributed by atoms with van der Waals surface area (Å²) in [6.07, 6.45) is 0. The van der Waals surface area contributed by atoms with E-state index in [9.17, 15) is 9.59 Å². The van der Waals surface area contributed by atoms with Crippen LogP contribution in [-0.2, 0) is 20.9 Å². The fourth-order valence-corrected chi connectivity index (χ4v) is 4.03. The largest absolute Gasteiger partial charge is 0.497 e. The van der Waals surface area contributed by atoms with Crippen LogP contribution in [0.25, 0.3) is 0 Å². The standard InChI is InChI=1S/C16H15ClN2O4S/c1-22-11-4-2-9(3-5-11)7-23-16(21)13-10(6-17)8-24-15-12(18)14(20)19(13)15/h2-5,15,18H,6-8H2,1H3. The summed E-state index contributed by atoms with van der Waals surface area (Å²) < 4.78 is 10.4. The fraction of sp³-hybridized carbons (Fsp3) is 0.312. The number of thioether (sulfide) groups is 1. The van der Waals surface area contributed by atoms with E-state index in [1.165, 1.54) is 16.7 Å². The first-order valence-corrected chi connectivity index (χ1v) is 8.76. The van der Waals surface area contributed by atoms with E-state index in [-0.39, 0.29) is 23.9 Å². The topological polar surface area (TPSA) is 79.7 Å². The number of β-lactam (4-membered cyclic amide) rings is 1. The van der Waals surface area contributed by atoms with Crippen molar-refractivity contribution in [1.29, 1.82) is 5.41 Å². The quantitative estimate of drug-likeness (QED) is 0.491. The number of esters is 1. The Morgan fingerprint density at radius 1 is 1.42 bits per heavy atom. The second-order valence-electron chi connectivity index (χ2n) is 5.26. The van der Waals surface area contributed by atoms with Crippen LogP contribution >= 0.6 is 23.4 Å². The van der Waals surface area contributed by atoms with Crippen molar-refractivity contribution in [3.05, 3.63) is 41.1 Å². The van der Waals surface area contributed by atoms with Gasteiger partial charge < -0.3 is 9.47 Å². The van der Waals surface area contributed by atoms with Gasteiger partial charge in [0, 0.05) is 11.6 Å². The van der Waals surface area contributed by atoms with Crippen molar-refractivity contribution in [3.8, 4) is 5.75 Å². The summed E-state index contributed by atoms with van der Waals surface area (Å²) >= 11 is 7.32. The zero-order chi connectivity index (χ0) is 17.3. The van der Waals surface area contributed by atoms with Crippen molar-refractivity contribution in [2.75, 3.05) is 18.7 Å². The summed E-state index contributed by atoms with van der Waals surface area (Å²) in [4.78, 5) is 25.7. The second kappa shape index (κ2) is 6.86. The van der Waals surface area contributed by atoms with Gasteiger partial charge in [0.15, 0.2) is 0 Å². The van der Waals surface area contributed by atoms with E-state index in [0.29, 0.717) is 17.1 Å². The lowest BCUT2D eigenvalue weighted by molar-refractivity contribution is -0.145. The lowest BCUT2D eigenvalue weighted by Gasteiger charge is -2.44. The molecule has 24 heavy (non-hydrogen) atoms. The second-order valence-corrected chi connectivity index (χ2v) is 6.60. The Balaban J connectivity index is 1.73. The molecule has 3 rings (SSSR count). The molecular weight excluding hydrogens is 352 g/mol. The van der Waals surface area contributed by atoms with Crippen molar-refractivity contribution in [2.45, 2.75) is 12.0 Å². The first-order chi connectivity index (χ1) is 11.6. The Morgan fingerprint density at radius 3 is 2.75 bits per heavy atom. The van der Waals surface area contributed by atoms with Gasteiger partial charge in [0.2, 0.25) is 0 Å². The van der Waals surface area contributed by atoms with Gasteiger partial charge in [-0.05, 0) is 23.3 Å². The normalized spacial score (nSPS) is 19.8. The smallest absolute Gasteiger partial charge is 0.355 e. The maximum atomic E-state index is 12.5. The molecule has 0 spiro atoms. The fourth-order valence-electron chi connectivity index (χ4n) is 2.48. The average molecular weight is 367 g/mol. The predicted octanol–water partition coefficient (Wildman–Crippen LogP) is 2.17. The third-order valence-corrected chi connectivity index (χ3v) is 5.41. The minimum atomic E-state index is -0.590. The molecule has 1 saturated heterocycles. The monoisotopic (exact) mass is 366 g/mol. The minimum absolute atomic E-state index is 0.00840. The number of benzene rings is 1. The van der Waals surface area contributed by atoms with Crippen LogP contribution < -0.4 is 4.74 Å². The summed E-state index contributed by atoms with van der Waals surface area (Å²) in [5, 5.41) is 7.25. The van der Waals surface area contributed by atoms with E-state index in [1.807, 2.05) is 0 Å². The van der Waals surface area contributed by atoms with Crippen molar-refractivity contribution in [3.63, 3.8) is 0 Å². The maximum Gasteiger partial charge on any atom is 0.355 e. The summed E-state index contributed by atoms with van der Waals surface area (Å²) in [6, 6.07) is 7.15. The highest BCUT2D eigenvalue weighted by Gasteiger charge is 2.50. The molecule has 1 amide bonds. The SMILES string of the molecule is COc1ccc(COC(=O)C2=C(CCl)CSC3C(=N)C(=O)N23)cc1. The van der Waals surface area contributed by atoms with Crippen LogP contribution in [0.5, 0.6) is 5.75 Å². The summed E-state index contributed by atoms with van der Waals surface area (Å²) in [5.74, 6) is 0.310. The van der Waals surface area contributed by atoms with Crippen LogP contribution in [0, 0.1) is 5.41 Å². The van der Waals surface area contributed by atoms with Crippen LogP contribution in [0.2, 0.25) is 0 Å². The zero-order valence-corrected chi connectivity index (χ0v) is 14.4. The number of hydrogen-bond acceptors (Lipinski definition) is 6. The molecule has 126 valence electrons.